The molecule has 4 heteroatoms. The molecule has 0 aromatic heterocycles. The number of carbonyl (C=O) groups is 2. The van der Waals surface area contributed by atoms with Crippen LogP contribution in [0.1, 0.15) is 66.8 Å². The Labute approximate surface area is 149 Å². The van der Waals surface area contributed by atoms with E-state index in [-0.39, 0.29) is 17.4 Å². The van der Waals surface area contributed by atoms with Crippen molar-refractivity contribution in [3.8, 4) is 0 Å². The van der Waals surface area contributed by atoms with Gasteiger partial charge in [-0.15, -0.1) is 0 Å². The molecule has 2 rings (SSSR count). The molecule has 0 fully saturated rings. The maximum atomic E-state index is 12.3. The zero-order valence-electron chi connectivity index (χ0n) is 15.5. The molecule has 132 valence electrons. The summed E-state index contributed by atoms with van der Waals surface area (Å²) in [5, 5.41) is 5.77. The zero-order chi connectivity index (χ0) is 18.6. The van der Waals surface area contributed by atoms with Gasteiger partial charge >= 0.3 is 0 Å². The molecule has 2 aromatic carbocycles. The minimum Gasteiger partial charge on any atom is -0.347 e. The summed E-state index contributed by atoms with van der Waals surface area (Å²) in [6.45, 7) is 10.0. The highest BCUT2D eigenvalue weighted by Crippen LogP contribution is 2.18. The van der Waals surface area contributed by atoms with E-state index >= 15 is 0 Å². The third-order valence-corrected chi connectivity index (χ3v) is 3.73. The van der Waals surface area contributed by atoms with Crippen LogP contribution in [0.4, 0.5) is 5.69 Å². The van der Waals surface area contributed by atoms with Crippen LogP contribution in [-0.2, 0) is 0 Å². The molecule has 0 atom stereocenters. The molecule has 0 bridgehead atoms. The molecule has 0 radical (unpaired) electrons. The van der Waals surface area contributed by atoms with Gasteiger partial charge in [0.25, 0.3) is 11.8 Å². The number of anilines is 1. The van der Waals surface area contributed by atoms with E-state index < -0.39 is 0 Å². The Hall–Kier alpha value is -2.62. The average Bonchev–Trinajstić information content (AvgIpc) is 2.54. The molecule has 0 spiro atoms. The van der Waals surface area contributed by atoms with Crippen molar-refractivity contribution in [1.29, 1.82) is 0 Å². The lowest BCUT2D eigenvalue weighted by atomic mass is 10.0. The molecule has 0 unspecified atom stereocenters. The molecule has 0 aliphatic heterocycles. The van der Waals surface area contributed by atoms with Gasteiger partial charge in [0.15, 0.2) is 0 Å². The molecule has 0 aliphatic rings. The van der Waals surface area contributed by atoms with Crippen molar-refractivity contribution in [1.82, 2.24) is 5.32 Å². The predicted molar refractivity (Wildman–Crippen MR) is 102 cm³/mol. The summed E-state index contributed by atoms with van der Waals surface area (Å²) in [5.41, 5.74) is 2.74. The van der Waals surface area contributed by atoms with Crippen LogP contribution < -0.4 is 10.6 Å². The van der Waals surface area contributed by atoms with Gasteiger partial charge in [0, 0.05) is 22.4 Å². The maximum absolute atomic E-state index is 12.3. The van der Waals surface area contributed by atoms with Gasteiger partial charge in [-0.1, -0.05) is 26.0 Å². The Morgan fingerprint density at radius 2 is 1.28 bits per heavy atom. The number of carbonyl (C=O) groups excluding carboxylic acids is 2. The predicted octanol–water partition coefficient (Wildman–Crippen LogP) is 4.59. The standard InChI is InChI=1S/C21H26N2O2/c1-14(2)15-10-12-18(13-11-15)22-19(24)16-6-8-17(9-7-16)20(25)23-21(3,4)5/h6-14H,1-5H3,(H,22,24)(H,23,25). The fourth-order valence-corrected chi connectivity index (χ4v) is 2.34. The summed E-state index contributed by atoms with van der Waals surface area (Å²) in [4.78, 5) is 24.4. The van der Waals surface area contributed by atoms with E-state index in [1.165, 1.54) is 5.56 Å². The Morgan fingerprint density at radius 3 is 1.72 bits per heavy atom. The Kier molecular flexibility index (Phi) is 5.62. The number of rotatable bonds is 4. The van der Waals surface area contributed by atoms with Crippen molar-refractivity contribution < 1.29 is 9.59 Å². The Morgan fingerprint density at radius 1 is 0.800 bits per heavy atom. The SMILES string of the molecule is CC(C)c1ccc(NC(=O)c2ccc(C(=O)NC(C)(C)C)cc2)cc1. The van der Waals surface area contributed by atoms with E-state index in [1.54, 1.807) is 24.3 Å². The second-order valence-electron chi connectivity index (χ2n) is 7.51. The van der Waals surface area contributed by atoms with Gasteiger partial charge < -0.3 is 10.6 Å². The van der Waals surface area contributed by atoms with Crippen molar-refractivity contribution in [3.05, 3.63) is 65.2 Å². The smallest absolute Gasteiger partial charge is 0.255 e. The first kappa shape index (κ1) is 18.7. The van der Waals surface area contributed by atoms with E-state index in [1.807, 2.05) is 45.0 Å². The van der Waals surface area contributed by atoms with E-state index in [9.17, 15) is 9.59 Å². The molecular weight excluding hydrogens is 312 g/mol. The van der Waals surface area contributed by atoms with Crippen molar-refractivity contribution in [2.45, 2.75) is 46.1 Å². The fourth-order valence-electron chi connectivity index (χ4n) is 2.34. The van der Waals surface area contributed by atoms with Crippen LogP contribution in [0.2, 0.25) is 0 Å². The average molecular weight is 338 g/mol. The van der Waals surface area contributed by atoms with Gasteiger partial charge in [0.2, 0.25) is 0 Å². The van der Waals surface area contributed by atoms with Gasteiger partial charge in [-0.25, -0.2) is 0 Å². The van der Waals surface area contributed by atoms with E-state index in [0.717, 1.165) is 5.69 Å². The van der Waals surface area contributed by atoms with Crippen LogP contribution in [-0.4, -0.2) is 17.4 Å². The zero-order valence-corrected chi connectivity index (χ0v) is 15.5. The van der Waals surface area contributed by atoms with Crippen molar-refractivity contribution in [3.63, 3.8) is 0 Å². The molecular formula is C21H26N2O2. The minimum absolute atomic E-state index is 0.149. The van der Waals surface area contributed by atoms with Gasteiger partial charge in [0.1, 0.15) is 0 Å². The summed E-state index contributed by atoms with van der Waals surface area (Å²) >= 11 is 0. The number of hydrogen-bond donors (Lipinski definition) is 2. The van der Waals surface area contributed by atoms with Crippen molar-refractivity contribution >= 4 is 17.5 Å². The third kappa shape index (κ3) is 5.45. The molecule has 0 heterocycles. The van der Waals surface area contributed by atoms with Gasteiger partial charge in [-0.3, -0.25) is 9.59 Å². The number of benzene rings is 2. The first-order valence-electron chi connectivity index (χ1n) is 8.49. The highest BCUT2D eigenvalue weighted by atomic mass is 16.2. The lowest BCUT2D eigenvalue weighted by molar-refractivity contribution is 0.0918. The van der Waals surface area contributed by atoms with Crippen LogP contribution >= 0.6 is 0 Å². The highest BCUT2D eigenvalue weighted by Gasteiger charge is 2.15. The normalized spacial score (nSPS) is 11.3. The lowest BCUT2D eigenvalue weighted by Crippen LogP contribution is -2.40. The fraction of sp³-hybridized carbons (Fsp3) is 0.333. The molecule has 25 heavy (non-hydrogen) atoms. The molecule has 2 N–H and O–H groups in total. The molecule has 0 aliphatic carbocycles. The van der Waals surface area contributed by atoms with E-state index in [2.05, 4.69) is 24.5 Å². The van der Waals surface area contributed by atoms with Crippen LogP contribution in [0.15, 0.2) is 48.5 Å². The maximum Gasteiger partial charge on any atom is 0.255 e. The van der Waals surface area contributed by atoms with Gasteiger partial charge in [-0.2, -0.15) is 0 Å². The number of nitrogens with one attached hydrogen (secondary N) is 2. The summed E-state index contributed by atoms with van der Waals surface area (Å²) in [6, 6.07) is 14.5. The van der Waals surface area contributed by atoms with Crippen LogP contribution in [0.3, 0.4) is 0 Å². The second kappa shape index (κ2) is 7.51. The number of hydrogen-bond acceptors (Lipinski definition) is 2. The topological polar surface area (TPSA) is 58.2 Å². The quantitative estimate of drug-likeness (QED) is 0.856. The van der Waals surface area contributed by atoms with Gasteiger partial charge in [0.05, 0.1) is 0 Å². The summed E-state index contributed by atoms with van der Waals surface area (Å²) in [7, 11) is 0. The van der Waals surface area contributed by atoms with Crippen LogP contribution in [0.5, 0.6) is 0 Å². The summed E-state index contributed by atoms with van der Waals surface area (Å²) in [6.07, 6.45) is 0. The highest BCUT2D eigenvalue weighted by molar-refractivity contribution is 6.05. The molecule has 4 nitrogen and oxygen atoms in total. The van der Waals surface area contributed by atoms with E-state index in [0.29, 0.717) is 17.0 Å². The van der Waals surface area contributed by atoms with Crippen LogP contribution in [0, 0.1) is 0 Å². The summed E-state index contributed by atoms with van der Waals surface area (Å²) < 4.78 is 0. The largest absolute Gasteiger partial charge is 0.347 e. The molecule has 2 amide bonds. The number of amides is 2. The Balaban J connectivity index is 2.04. The molecule has 0 saturated carbocycles. The third-order valence-electron chi connectivity index (χ3n) is 3.73. The van der Waals surface area contributed by atoms with Crippen molar-refractivity contribution in [2.24, 2.45) is 0 Å². The monoisotopic (exact) mass is 338 g/mol. The summed E-state index contributed by atoms with van der Waals surface area (Å²) in [5.74, 6) is 0.111. The minimum atomic E-state index is -0.296. The first-order valence-corrected chi connectivity index (χ1v) is 8.49. The van der Waals surface area contributed by atoms with E-state index in [4.69, 9.17) is 0 Å². The second-order valence-corrected chi connectivity index (χ2v) is 7.51. The lowest BCUT2D eigenvalue weighted by Gasteiger charge is -2.20. The molecule has 2 aromatic rings. The first-order chi connectivity index (χ1) is 11.7. The Bertz CT molecular complexity index is 739. The molecule has 0 saturated heterocycles. The van der Waals surface area contributed by atoms with Gasteiger partial charge in [-0.05, 0) is 68.7 Å². The van der Waals surface area contributed by atoms with Crippen LogP contribution in [0.25, 0.3) is 0 Å². The van der Waals surface area contributed by atoms with Crippen molar-refractivity contribution in [2.75, 3.05) is 5.32 Å².